The van der Waals surface area contributed by atoms with Crippen molar-refractivity contribution in [1.82, 2.24) is 5.32 Å². The van der Waals surface area contributed by atoms with E-state index in [1.165, 1.54) is 16.7 Å². The number of methoxy groups -OCH3 is 1. The molecule has 0 heterocycles. The first kappa shape index (κ1) is 14.2. The molecule has 0 aliphatic rings. The third-order valence-electron chi connectivity index (χ3n) is 3.49. The summed E-state index contributed by atoms with van der Waals surface area (Å²) < 4.78 is 5.34. The molecule has 3 atom stereocenters. The fourth-order valence-corrected chi connectivity index (χ4v) is 2.05. The van der Waals surface area contributed by atoms with Crippen molar-refractivity contribution in [3.05, 3.63) is 34.9 Å². The molecule has 2 heteroatoms. The number of ether oxygens (including phenoxy) is 1. The van der Waals surface area contributed by atoms with Gasteiger partial charge in [0.1, 0.15) is 0 Å². The van der Waals surface area contributed by atoms with E-state index in [9.17, 15) is 0 Å². The maximum Gasteiger partial charge on any atom is 0.0693 e. The lowest BCUT2D eigenvalue weighted by atomic mass is 9.99. The van der Waals surface area contributed by atoms with E-state index in [0.717, 1.165) is 0 Å². The highest BCUT2D eigenvalue weighted by Crippen LogP contribution is 2.19. The van der Waals surface area contributed by atoms with Crippen molar-refractivity contribution < 1.29 is 4.74 Å². The van der Waals surface area contributed by atoms with Crippen molar-refractivity contribution in [2.24, 2.45) is 0 Å². The Bertz CT molecular complexity index is 362. The van der Waals surface area contributed by atoms with Gasteiger partial charge < -0.3 is 10.1 Å². The van der Waals surface area contributed by atoms with Gasteiger partial charge in [-0.2, -0.15) is 0 Å². The van der Waals surface area contributed by atoms with Crippen LogP contribution in [0.25, 0.3) is 0 Å². The highest BCUT2D eigenvalue weighted by Gasteiger charge is 2.16. The van der Waals surface area contributed by atoms with Gasteiger partial charge in [0.05, 0.1) is 6.10 Å². The Hall–Kier alpha value is -0.860. The molecule has 0 bridgehead atoms. The molecule has 1 aromatic rings. The Balaban J connectivity index is 2.75. The van der Waals surface area contributed by atoms with Crippen LogP contribution in [0.2, 0.25) is 0 Å². The molecule has 3 unspecified atom stereocenters. The van der Waals surface area contributed by atoms with Crippen LogP contribution in [0.3, 0.4) is 0 Å². The molecule has 1 rings (SSSR count). The molecule has 1 aromatic carbocycles. The monoisotopic (exact) mass is 235 g/mol. The van der Waals surface area contributed by atoms with Gasteiger partial charge in [-0.25, -0.2) is 0 Å². The van der Waals surface area contributed by atoms with E-state index in [-0.39, 0.29) is 6.10 Å². The summed E-state index contributed by atoms with van der Waals surface area (Å²) >= 11 is 0. The van der Waals surface area contributed by atoms with Crippen molar-refractivity contribution in [1.29, 1.82) is 0 Å². The third-order valence-corrected chi connectivity index (χ3v) is 3.49. The number of aryl methyl sites for hydroxylation is 2. The second kappa shape index (κ2) is 6.18. The zero-order valence-corrected chi connectivity index (χ0v) is 11.9. The summed E-state index contributed by atoms with van der Waals surface area (Å²) in [4.78, 5) is 0. The zero-order valence-electron chi connectivity index (χ0n) is 11.9. The predicted molar refractivity (Wildman–Crippen MR) is 73.4 cm³/mol. The highest BCUT2D eigenvalue weighted by atomic mass is 16.5. The molecular formula is C15H25NO. The van der Waals surface area contributed by atoms with E-state index < -0.39 is 0 Å². The molecule has 96 valence electrons. The predicted octanol–water partition coefficient (Wildman–Crippen LogP) is 3.38. The van der Waals surface area contributed by atoms with Crippen LogP contribution in [-0.4, -0.2) is 19.3 Å². The number of rotatable bonds is 5. The quantitative estimate of drug-likeness (QED) is 0.845. The normalized spacial score (nSPS) is 16.6. The summed E-state index contributed by atoms with van der Waals surface area (Å²) in [6, 6.07) is 7.30. The maximum absolute atomic E-state index is 5.34. The third kappa shape index (κ3) is 3.83. The molecule has 0 saturated heterocycles. The molecule has 0 amide bonds. The summed E-state index contributed by atoms with van der Waals surface area (Å²) in [5.74, 6) is 0. The van der Waals surface area contributed by atoms with E-state index in [0.29, 0.717) is 12.1 Å². The second-order valence-electron chi connectivity index (χ2n) is 4.98. The number of nitrogens with one attached hydrogen (secondary N) is 1. The molecule has 2 nitrogen and oxygen atoms in total. The lowest BCUT2D eigenvalue weighted by molar-refractivity contribution is 0.0852. The average molecular weight is 235 g/mol. The van der Waals surface area contributed by atoms with Crippen molar-refractivity contribution in [2.45, 2.75) is 52.8 Å². The molecule has 0 saturated carbocycles. The Morgan fingerprint density at radius 2 is 1.76 bits per heavy atom. The van der Waals surface area contributed by atoms with Gasteiger partial charge in [-0.1, -0.05) is 23.8 Å². The van der Waals surface area contributed by atoms with Crippen molar-refractivity contribution in [3.63, 3.8) is 0 Å². The molecule has 0 radical (unpaired) electrons. The van der Waals surface area contributed by atoms with Gasteiger partial charge in [-0.05, 0) is 45.7 Å². The van der Waals surface area contributed by atoms with Gasteiger partial charge in [-0.15, -0.1) is 0 Å². The Labute approximate surface area is 105 Å². The standard InChI is InChI=1S/C15H25NO/c1-10-7-8-11(2)15(9-10)13(4)16-12(3)14(5)17-6/h7-9,12-14,16H,1-6H3. The van der Waals surface area contributed by atoms with Gasteiger partial charge >= 0.3 is 0 Å². The number of benzene rings is 1. The van der Waals surface area contributed by atoms with Gasteiger partial charge in [-0.3, -0.25) is 0 Å². The number of hydrogen-bond donors (Lipinski definition) is 1. The summed E-state index contributed by atoms with van der Waals surface area (Å²) in [5.41, 5.74) is 4.03. The first-order chi connectivity index (χ1) is 7.95. The molecular weight excluding hydrogens is 210 g/mol. The first-order valence-corrected chi connectivity index (χ1v) is 6.31. The number of hydrogen-bond acceptors (Lipinski definition) is 2. The molecule has 0 fully saturated rings. The van der Waals surface area contributed by atoms with Crippen LogP contribution in [0.5, 0.6) is 0 Å². The van der Waals surface area contributed by atoms with Crippen LogP contribution >= 0.6 is 0 Å². The summed E-state index contributed by atoms with van der Waals surface area (Å²) in [7, 11) is 1.76. The van der Waals surface area contributed by atoms with Crippen LogP contribution in [0.4, 0.5) is 0 Å². The van der Waals surface area contributed by atoms with E-state index in [4.69, 9.17) is 4.74 Å². The van der Waals surface area contributed by atoms with Crippen LogP contribution in [0.1, 0.15) is 43.5 Å². The van der Waals surface area contributed by atoms with Crippen LogP contribution in [0, 0.1) is 13.8 Å². The molecule has 0 spiro atoms. The fourth-order valence-electron chi connectivity index (χ4n) is 2.05. The smallest absolute Gasteiger partial charge is 0.0693 e. The van der Waals surface area contributed by atoms with E-state index >= 15 is 0 Å². The summed E-state index contributed by atoms with van der Waals surface area (Å²) in [5, 5.41) is 3.59. The largest absolute Gasteiger partial charge is 0.380 e. The van der Waals surface area contributed by atoms with E-state index in [1.54, 1.807) is 7.11 Å². The molecule has 0 aliphatic heterocycles. The average Bonchev–Trinajstić information content (AvgIpc) is 2.30. The van der Waals surface area contributed by atoms with Crippen molar-refractivity contribution in [2.75, 3.05) is 7.11 Å². The first-order valence-electron chi connectivity index (χ1n) is 6.31. The lowest BCUT2D eigenvalue weighted by Crippen LogP contribution is -2.38. The van der Waals surface area contributed by atoms with E-state index in [2.05, 4.69) is 58.1 Å². The second-order valence-corrected chi connectivity index (χ2v) is 4.98. The minimum atomic E-state index is 0.225. The molecule has 0 aromatic heterocycles. The van der Waals surface area contributed by atoms with Crippen molar-refractivity contribution in [3.8, 4) is 0 Å². The summed E-state index contributed by atoms with van der Waals surface area (Å²) in [6.45, 7) is 10.8. The van der Waals surface area contributed by atoms with Crippen LogP contribution in [-0.2, 0) is 4.74 Å². The fraction of sp³-hybridized carbons (Fsp3) is 0.600. The minimum Gasteiger partial charge on any atom is -0.380 e. The minimum absolute atomic E-state index is 0.225. The van der Waals surface area contributed by atoms with Gasteiger partial charge in [0.2, 0.25) is 0 Å². The van der Waals surface area contributed by atoms with Gasteiger partial charge in [0, 0.05) is 19.2 Å². The van der Waals surface area contributed by atoms with Crippen LogP contribution in [0.15, 0.2) is 18.2 Å². The highest BCUT2D eigenvalue weighted by molar-refractivity contribution is 5.32. The summed E-state index contributed by atoms with van der Waals surface area (Å²) in [6.07, 6.45) is 0.225. The van der Waals surface area contributed by atoms with Gasteiger partial charge in [0.15, 0.2) is 0 Å². The maximum atomic E-state index is 5.34. The Morgan fingerprint density at radius 3 is 2.35 bits per heavy atom. The van der Waals surface area contributed by atoms with Gasteiger partial charge in [0.25, 0.3) is 0 Å². The molecule has 0 aliphatic carbocycles. The Morgan fingerprint density at radius 1 is 1.12 bits per heavy atom. The lowest BCUT2D eigenvalue weighted by Gasteiger charge is -2.25. The molecule has 17 heavy (non-hydrogen) atoms. The topological polar surface area (TPSA) is 21.3 Å². The zero-order chi connectivity index (χ0) is 13.0. The molecule has 1 N–H and O–H groups in total. The Kier molecular flexibility index (Phi) is 5.16. The SMILES string of the molecule is COC(C)C(C)NC(C)c1cc(C)ccc1C. The van der Waals surface area contributed by atoms with E-state index in [1.807, 2.05) is 0 Å². The van der Waals surface area contributed by atoms with Crippen molar-refractivity contribution >= 4 is 0 Å². The van der Waals surface area contributed by atoms with Crippen LogP contribution < -0.4 is 5.32 Å².